The van der Waals surface area contributed by atoms with E-state index in [1.165, 1.54) is 0 Å². The van der Waals surface area contributed by atoms with Crippen molar-refractivity contribution in [3.05, 3.63) is 65.7 Å². The lowest BCUT2D eigenvalue weighted by atomic mass is 10.1. The molecule has 0 unspecified atom stereocenters. The van der Waals surface area contributed by atoms with E-state index in [2.05, 4.69) is 21.3 Å². The summed E-state index contributed by atoms with van der Waals surface area (Å²) in [5.74, 6) is 0.858. The van der Waals surface area contributed by atoms with Gasteiger partial charge in [-0.05, 0) is 35.2 Å². The highest BCUT2D eigenvalue weighted by Crippen LogP contribution is 2.27. The van der Waals surface area contributed by atoms with Crippen LogP contribution in [0.1, 0.15) is 5.56 Å². The first-order chi connectivity index (χ1) is 11.8. The van der Waals surface area contributed by atoms with E-state index in [-0.39, 0.29) is 6.61 Å². The number of aliphatic hydroxyl groups is 1. The van der Waals surface area contributed by atoms with E-state index in [4.69, 9.17) is 5.10 Å². The van der Waals surface area contributed by atoms with Crippen molar-refractivity contribution in [2.75, 3.05) is 11.9 Å². The van der Waals surface area contributed by atoms with Crippen LogP contribution in [0.3, 0.4) is 0 Å². The molecule has 0 amide bonds. The molecule has 0 fully saturated rings. The van der Waals surface area contributed by atoms with E-state index in [9.17, 15) is 5.11 Å². The maximum absolute atomic E-state index is 9.18. The molecule has 0 aliphatic rings. The Morgan fingerprint density at radius 1 is 1.12 bits per heavy atom. The van der Waals surface area contributed by atoms with Crippen molar-refractivity contribution >= 4 is 27.8 Å². The first kappa shape index (κ1) is 14.9. The number of hydrogen-bond acceptors (Lipinski definition) is 5. The molecule has 24 heavy (non-hydrogen) atoms. The number of aliphatic hydroxyl groups excluding tert-OH is 1. The first-order valence-electron chi connectivity index (χ1n) is 7.58. The van der Waals surface area contributed by atoms with Gasteiger partial charge in [0.15, 0.2) is 11.5 Å². The highest BCUT2D eigenvalue weighted by Gasteiger charge is 2.11. The molecule has 0 aliphatic heterocycles. The van der Waals surface area contributed by atoms with Gasteiger partial charge < -0.3 is 10.0 Å². The fraction of sp³-hybridized carbons (Fsp3) is 0.111. The zero-order chi connectivity index (χ0) is 16.5. The molecule has 6 heteroatoms. The van der Waals surface area contributed by atoms with Crippen LogP contribution in [0.4, 0.5) is 10.8 Å². The summed E-state index contributed by atoms with van der Waals surface area (Å²) in [7, 11) is 2.01. The third-order valence-electron chi connectivity index (χ3n) is 3.96. The van der Waals surface area contributed by atoms with Crippen molar-refractivity contribution in [1.29, 1.82) is 0 Å². The van der Waals surface area contributed by atoms with E-state index in [1.807, 2.05) is 60.2 Å². The lowest BCUT2D eigenvalue weighted by Gasteiger charge is -2.16. The zero-order valence-corrected chi connectivity index (χ0v) is 13.9. The summed E-state index contributed by atoms with van der Waals surface area (Å²) in [6.07, 6.45) is 1.82. The summed E-state index contributed by atoms with van der Waals surface area (Å²) in [4.78, 5) is 6.49. The van der Waals surface area contributed by atoms with Gasteiger partial charge in [-0.25, -0.2) is 9.50 Å². The van der Waals surface area contributed by atoms with Gasteiger partial charge in [-0.2, -0.15) is 0 Å². The fourth-order valence-corrected chi connectivity index (χ4v) is 3.30. The Morgan fingerprint density at radius 3 is 2.67 bits per heavy atom. The second kappa shape index (κ2) is 6.07. The van der Waals surface area contributed by atoms with Crippen molar-refractivity contribution in [2.24, 2.45) is 0 Å². The summed E-state index contributed by atoms with van der Waals surface area (Å²) in [5, 5.41) is 17.1. The first-order valence-corrected chi connectivity index (χ1v) is 8.46. The van der Waals surface area contributed by atoms with Crippen molar-refractivity contribution in [1.82, 2.24) is 14.6 Å². The molecule has 3 heterocycles. The van der Waals surface area contributed by atoms with Crippen LogP contribution in [0.15, 0.2) is 60.1 Å². The Kier molecular flexibility index (Phi) is 3.76. The lowest BCUT2D eigenvalue weighted by Crippen LogP contribution is -2.11. The summed E-state index contributed by atoms with van der Waals surface area (Å²) in [6, 6.07) is 15.8. The van der Waals surface area contributed by atoms with Crippen LogP contribution in [0.2, 0.25) is 0 Å². The van der Waals surface area contributed by atoms with Gasteiger partial charge in [0.25, 0.3) is 0 Å². The van der Waals surface area contributed by atoms with Crippen molar-refractivity contribution in [2.45, 2.75) is 6.61 Å². The Balaban J connectivity index is 1.78. The van der Waals surface area contributed by atoms with E-state index in [1.54, 1.807) is 11.3 Å². The van der Waals surface area contributed by atoms with Gasteiger partial charge in [-0.3, -0.25) is 0 Å². The number of nitrogens with zero attached hydrogens (tertiary/aromatic N) is 4. The number of thiophene rings is 1. The number of aromatic nitrogens is 3. The maximum atomic E-state index is 9.18. The molecule has 0 bridgehead atoms. The molecular formula is C18H16N4OS. The highest BCUT2D eigenvalue weighted by atomic mass is 32.1. The molecule has 0 spiro atoms. The van der Waals surface area contributed by atoms with Crippen LogP contribution in [0.5, 0.6) is 0 Å². The minimum absolute atomic E-state index is 0.0431. The third-order valence-corrected chi connectivity index (χ3v) is 4.91. The van der Waals surface area contributed by atoms with Gasteiger partial charge in [0.05, 0.1) is 23.5 Å². The molecule has 0 atom stereocenters. The highest BCUT2D eigenvalue weighted by molar-refractivity contribution is 7.14. The predicted octanol–water partition coefficient (Wildman–Crippen LogP) is 3.72. The molecule has 1 aromatic carbocycles. The molecule has 4 aromatic rings. The number of rotatable bonds is 4. The Bertz CT molecular complexity index is 961. The van der Waals surface area contributed by atoms with Gasteiger partial charge in [0, 0.05) is 12.6 Å². The molecule has 0 saturated heterocycles. The summed E-state index contributed by atoms with van der Waals surface area (Å²) in [5.41, 5.74) is 3.64. The average molecular weight is 336 g/mol. The van der Waals surface area contributed by atoms with Gasteiger partial charge in [-0.1, -0.05) is 24.3 Å². The minimum Gasteiger partial charge on any atom is -0.392 e. The fourth-order valence-electron chi connectivity index (χ4n) is 2.59. The molecule has 1 N–H and O–H groups in total. The monoisotopic (exact) mass is 336 g/mol. The molecule has 0 saturated carbocycles. The predicted molar refractivity (Wildman–Crippen MR) is 96.7 cm³/mol. The quantitative estimate of drug-likeness (QED) is 0.617. The summed E-state index contributed by atoms with van der Waals surface area (Å²) in [6.45, 7) is 0.0431. The molecule has 0 radical (unpaired) electrons. The lowest BCUT2D eigenvalue weighted by molar-refractivity contribution is 0.282. The molecule has 4 rings (SSSR count). The van der Waals surface area contributed by atoms with Crippen LogP contribution < -0.4 is 4.90 Å². The van der Waals surface area contributed by atoms with Crippen LogP contribution in [-0.2, 0) is 6.61 Å². The molecule has 0 aliphatic carbocycles. The topological polar surface area (TPSA) is 53.7 Å². The van der Waals surface area contributed by atoms with Crippen molar-refractivity contribution in [3.63, 3.8) is 0 Å². The number of benzene rings is 1. The summed E-state index contributed by atoms with van der Waals surface area (Å²) < 4.78 is 1.85. The Labute approximate surface area is 143 Å². The van der Waals surface area contributed by atoms with Gasteiger partial charge in [0.2, 0.25) is 0 Å². The number of fused-ring (bicyclic) bond motifs is 1. The number of imidazole rings is 1. The van der Waals surface area contributed by atoms with Gasteiger partial charge in [0.1, 0.15) is 0 Å². The van der Waals surface area contributed by atoms with Gasteiger partial charge >= 0.3 is 0 Å². The Hall–Kier alpha value is -2.70. The third kappa shape index (κ3) is 2.55. The van der Waals surface area contributed by atoms with Crippen molar-refractivity contribution < 1.29 is 5.11 Å². The molecule has 120 valence electrons. The zero-order valence-electron chi connectivity index (χ0n) is 13.1. The molecule has 5 nitrogen and oxygen atoms in total. The Morgan fingerprint density at radius 2 is 1.96 bits per heavy atom. The number of anilines is 2. The van der Waals surface area contributed by atoms with E-state index in [0.29, 0.717) is 0 Å². The smallest absolute Gasteiger partial charge is 0.154 e. The van der Waals surface area contributed by atoms with Crippen LogP contribution in [0.25, 0.3) is 16.9 Å². The van der Waals surface area contributed by atoms with E-state index < -0.39 is 0 Å². The van der Waals surface area contributed by atoms with E-state index in [0.717, 1.165) is 33.3 Å². The second-order valence-electron chi connectivity index (χ2n) is 5.47. The van der Waals surface area contributed by atoms with E-state index >= 15 is 0 Å². The average Bonchev–Trinajstić information content (AvgIpc) is 3.30. The maximum Gasteiger partial charge on any atom is 0.154 e. The van der Waals surface area contributed by atoms with Crippen LogP contribution in [-0.4, -0.2) is 26.8 Å². The SMILES string of the molecule is CN(c1ccc2ncc(-c3ccc(CO)cc3)n2n1)c1cccs1. The summed E-state index contributed by atoms with van der Waals surface area (Å²) >= 11 is 1.68. The van der Waals surface area contributed by atoms with Crippen LogP contribution >= 0.6 is 11.3 Å². The number of hydrogen-bond donors (Lipinski definition) is 1. The molecular weight excluding hydrogens is 320 g/mol. The molecule has 3 aromatic heterocycles. The van der Waals surface area contributed by atoms with Crippen molar-refractivity contribution in [3.8, 4) is 11.3 Å². The standard InChI is InChI=1S/C18H16N4OS/c1-21(18-3-2-10-24-18)17-9-8-16-19-11-15(22(16)20-17)14-6-4-13(12-23)5-7-14/h2-11,23H,12H2,1H3. The van der Waals surface area contributed by atoms with Crippen LogP contribution in [0, 0.1) is 0 Å². The largest absolute Gasteiger partial charge is 0.392 e. The normalized spacial score (nSPS) is 11.1. The van der Waals surface area contributed by atoms with Gasteiger partial charge in [-0.15, -0.1) is 16.4 Å². The minimum atomic E-state index is 0.0431. The second-order valence-corrected chi connectivity index (χ2v) is 6.40.